The second-order valence-electron chi connectivity index (χ2n) is 7.47. The monoisotopic (exact) mass is 466 g/mol. The Labute approximate surface area is 168 Å². The van der Waals surface area contributed by atoms with E-state index in [1.54, 1.807) is 0 Å². The van der Waals surface area contributed by atoms with Crippen molar-refractivity contribution in [1.82, 2.24) is 0 Å². The first-order valence-electron chi connectivity index (χ1n) is 9.21. The van der Waals surface area contributed by atoms with Gasteiger partial charge in [0, 0.05) is 0 Å². The van der Waals surface area contributed by atoms with Crippen molar-refractivity contribution in [2.24, 2.45) is 0 Å². The third-order valence-corrected chi connectivity index (χ3v) is 9.75. The van der Waals surface area contributed by atoms with Gasteiger partial charge in [0.2, 0.25) is 0 Å². The molecule has 26 heavy (non-hydrogen) atoms. The van der Waals surface area contributed by atoms with Crippen LogP contribution in [0.5, 0.6) is 0 Å². The van der Waals surface area contributed by atoms with Crippen LogP contribution < -0.4 is 13.2 Å². The Bertz CT molecular complexity index is 674. The van der Waals surface area contributed by atoms with Crippen molar-refractivity contribution in [2.75, 3.05) is 0 Å². The number of benzene rings is 3. The number of hydrogen-bond acceptors (Lipinski definition) is 0. The molecule has 0 aliphatic carbocycles. The Morgan fingerprint density at radius 3 is 0.808 bits per heavy atom. The molecule has 0 amide bonds. The van der Waals surface area contributed by atoms with E-state index >= 15 is 0 Å². The quantitative estimate of drug-likeness (QED) is 0.502. The molecule has 0 saturated heterocycles. The third-order valence-electron chi connectivity index (χ3n) is 4.02. The average molecular weight is 464 g/mol. The normalized spacial score (nSPS) is 10.6. The maximum atomic E-state index is 2.33. The molecule has 0 saturated carbocycles. The van der Waals surface area contributed by atoms with E-state index < -0.39 is 14.3 Å². The standard InChI is InChI=1S/C21H21Ge.C3H9Ge/c1-16-4-10-19(11-5-16)22(20-12-6-17(2)7-13-20)21-14-8-18(3)9-15-21;1-4(2)3/h4-15H,1-3H3;1-3H3. The molecule has 134 valence electrons. The summed E-state index contributed by atoms with van der Waals surface area (Å²) in [6, 6.07) is 27.4. The molecular formula is C24H30Ge2. The van der Waals surface area contributed by atoms with Gasteiger partial charge in [0.05, 0.1) is 0 Å². The Balaban J connectivity index is 0.000000552. The first-order valence-corrected chi connectivity index (χ1v) is 18.7. The van der Waals surface area contributed by atoms with Gasteiger partial charge in [-0.15, -0.1) is 0 Å². The Hall–Kier alpha value is -1.25. The molecule has 0 unspecified atom stereocenters. The molecule has 0 bridgehead atoms. The van der Waals surface area contributed by atoms with E-state index in [1.807, 2.05) is 0 Å². The SMILES string of the molecule is Cc1cc[c]([Ge]([c]2ccc(C)cc2)[c]2ccc(C)cc2)cc1.[CH3][Ge]([CH3])[CH3]. The van der Waals surface area contributed by atoms with Gasteiger partial charge in [-0.3, -0.25) is 0 Å². The topological polar surface area (TPSA) is 0 Å². The summed E-state index contributed by atoms with van der Waals surface area (Å²) >= 11 is -2.04. The molecular weight excluding hydrogens is 433 g/mol. The predicted molar refractivity (Wildman–Crippen MR) is 122 cm³/mol. The van der Waals surface area contributed by atoms with Gasteiger partial charge in [-0.05, 0) is 0 Å². The van der Waals surface area contributed by atoms with Gasteiger partial charge in [0.1, 0.15) is 0 Å². The first kappa shape index (κ1) is 21.1. The molecule has 0 aliphatic rings. The second kappa shape index (κ2) is 10.2. The van der Waals surface area contributed by atoms with Gasteiger partial charge in [-0.25, -0.2) is 0 Å². The van der Waals surface area contributed by atoms with Crippen LogP contribution in [0, 0.1) is 20.8 Å². The zero-order chi connectivity index (χ0) is 19.1. The molecule has 0 fully saturated rings. The fraction of sp³-hybridized carbons (Fsp3) is 0.250. The van der Waals surface area contributed by atoms with Crippen molar-refractivity contribution in [1.29, 1.82) is 0 Å². The van der Waals surface area contributed by atoms with Crippen LogP contribution in [0.2, 0.25) is 17.3 Å². The fourth-order valence-electron chi connectivity index (χ4n) is 2.66. The van der Waals surface area contributed by atoms with E-state index in [0.717, 1.165) is 0 Å². The van der Waals surface area contributed by atoms with Crippen molar-refractivity contribution in [3.63, 3.8) is 0 Å². The third kappa shape index (κ3) is 6.48. The predicted octanol–water partition coefficient (Wildman–Crippen LogP) is 4.50. The van der Waals surface area contributed by atoms with E-state index in [2.05, 4.69) is 111 Å². The van der Waals surface area contributed by atoms with Crippen molar-refractivity contribution in [3.05, 3.63) is 89.5 Å². The van der Waals surface area contributed by atoms with Crippen LogP contribution in [0.1, 0.15) is 16.7 Å². The molecule has 2 radical (unpaired) electrons. The average Bonchev–Trinajstić information content (AvgIpc) is 2.60. The summed E-state index contributed by atoms with van der Waals surface area (Å²) in [6.07, 6.45) is 0. The van der Waals surface area contributed by atoms with Crippen LogP contribution in [-0.2, 0) is 0 Å². The molecule has 0 aromatic heterocycles. The number of aryl methyl sites for hydroxylation is 3. The van der Waals surface area contributed by atoms with Crippen LogP contribution in [0.4, 0.5) is 0 Å². The van der Waals surface area contributed by atoms with Crippen molar-refractivity contribution >= 4 is 41.9 Å². The Kier molecular flexibility index (Phi) is 8.24. The summed E-state index contributed by atoms with van der Waals surface area (Å²) in [6.45, 7) is 6.46. The van der Waals surface area contributed by atoms with E-state index in [-0.39, 0.29) is 14.3 Å². The number of hydrogen-bond donors (Lipinski definition) is 0. The van der Waals surface area contributed by atoms with Gasteiger partial charge in [-0.1, -0.05) is 0 Å². The summed E-state index contributed by atoms with van der Waals surface area (Å²) < 4.78 is 4.54. The summed E-state index contributed by atoms with van der Waals surface area (Å²) in [4.78, 5) is 0. The molecule has 0 aliphatic heterocycles. The van der Waals surface area contributed by atoms with Gasteiger partial charge in [0.25, 0.3) is 0 Å². The molecule has 0 nitrogen and oxygen atoms in total. The van der Waals surface area contributed by atoms with Crippen LogP contribution in [0.3, 0.4) is 0 Å². The van der Waals surface area contributed by atoms with Gasteiger partial charge in [0.15, 0.2) is 0 Å². The van der Waals surface area contributed by atoms with Crippen LogP contribution in [-0.4, -0.2) is 28.7 Å². The van der Waals surface area contributed by atoms with E-state index in [1.165, 1.54) is 29.9 Å². The maximum absolute atomic E-state index is 2.33. The minimum atomic E-state index is -1.70. The Morgan fingerprint density at radius 2 is 0.615 bits per heavy atom. The summed E-state index contributed by atoms with van der Waals surface area (Å²) in [5.41, 5.74) is 3.98. The summed E-state index contributed by atoms with van der Waals surface area (Å²) in [5.74, 6) is 7.00. The zero-order valence-electron chi connectivity index (χ0n) is 16.9. The van der Waals surface area contributed by atoms with Gasteiger partial charge < -0.3 is 0 Å². The first-order chi connectivity index (χ1) is 12.4. The van der Waals surface area contributed by atoms with Crippen LogP contribution in [0.25, 0.3) is 0 Å². The van der Waals surface area contributed by atoms with E-state index in [9.17, 15) is 0 Å². The van der Waals surface area contributed by atoms with Crippen molar-refractivity contribution < 1.29 is 0 Å². The van der Waals surface area contributed by atoms with Crippen LogP contribution in [0.15, 0.2) is 72.8 Å². The van der Waals surface area contributed by atoms with Crippen molar-refractivity contribution in [3.8, 4) is 0 Å². The summed E-state index contributed by atoms with van der Waals surface area (Å²) in [7, 11) is 0. The molecule has 0 N–H and O–H groups in total. The van der Waals surface area contributed by atoms with Crippen molar-refractivity contribution in [2.45, 2.75) is 38.0 Å². The Morgan fingerprint density at radius 1 is 0.423 bits per heavy atom. The molecule has 3 rings (SSSR count). The zero-order valence-corrected chi connectivity index (χ0v) is 21.1. The minimum absolute atomic E-state index is 0.333. The van der Waals surface area contributed by atoms with E-state index in [4.69, 9.17) is 0 Å². The molecule has 0 heterocycles. The number of rotatable bonds is 3. The summed E-state index contributed by atoms with van der Waals surface area (Å²) in [5, 5.41) is 0. The second-order valence-corrected chi connectivity index (χ2v) is 19.0. The van der Waals surface area contributed by atoms with E-state index in [0.29, 0.717) is 0 Å². The van der Waals surface area contributed by atoms with Gasteiger partial charge >= 0.3 is 169 Å². The molecule has 3 aromatic rings. The van der Waals surface area contributed by atoms with Crippen LogP contribution >= 0.6 is 0 Å². The molecule has 3 aromatic carbocycles. The van der Waals surface area contributed by atoms with Gasteiger partial charge in [-0.2, -0.15) is 0 Å². The molecule has 0 spiro atoms. The molecule has 0 atom stereocenters. The molecule has 2 heteroatoms. The fourth-order valence-corrected chi connectivity index (χ4v) is 7.91.